The van der Waals surface area contributed by atoms with Gasteiger partial charge in [0, 0.05) is 17.6 Å². The Morgan fingerprint density at radius 3 is 2.53 bits per heavy atom. The van der Waals surface area contributed by atoms with Gasteiger partial charge >= 0.3 is 0 Å². The molecule has 0 fully saturated rings. The molecule has 0 atom stereocenters. The summed E-state index contributed by atoms with van der Waals surface area (Å²) in [6, 6.07) is 15.2. The highest BCUT2D eigenvalue weighted by molar-refractivity contribution is 6.19. The van der Waals surface area contributed by atoms with E-state index < -0.39 is 0 Å². The van der Waals surface area contributed by atoms with Gasteiger partial charge in [-0.25, -0.2) is 0 Å². The van der Waals surface area contributed by atoms with Crippen LogP contribution in [0, 0.1) is 0 Å². The first-order chi connectivity index (χ1) is 7.36. The number of rotatable bonds is 3. The second-order valence-electron chi connectivity index (χ2n) is 3.47. The number of hydrogen-bond donors (Lipinski definition) is 0. The van der Waals surface area contributed by atoms with Gasteiger partial charge in [-0.3, -0.25) is 0 Å². The van der Waals surface area contributed by atoms with E-state index in [1.807, 2.05) is 0 Å². The van der Waals surface area contributed by atoms with Crippen molar-refractivity contribution >= 4 is 28.1 Å². The van der Waals surface area contributed by atoms with Gasteiger partial charge in [0.05, 0.1) is 6.00 Å². The maximum atomic E-state index is 5.93. The van der Waals surface area contributed by atoms with E-state index in [0.29, 0.717) is 6.00 Å². The van der Waals surface area contributed by atoms with Gasteiger partial charge in [-0.15, -0.1) is 11.6 Å². The normalized spacial score (nSPS) is 10.5. The summed E-state index contributed by atoms with van der Waals surface area (Å²) in [5.41, 5.74) is 1.21. The second kappa shape index (κ2) is 4.54. The van der Waals surface area contributed by atoms with Crippen molar-refractivity contribution in [1.82, 2.24) is 0 Å². The molecule has 78 valence electrons. The molecule has 0 bridgehead atoms. The Balaban J connectivity index is 2.59. The molecule has 0 amide bonds. The van der Waals surface area contributed by atoms with E-state index in [0.717, 1.165) is 6.54 Å². The molecule has 0 saturated carbocycles. The Bertz CT molecular complexity index is 444. The van der Waals surface area contributed by atoms with Crippen molar-refractivity contribution in [3.63, 3.8) is 0 Å². The number of benzene rings is 2. The summed E-state index contributed by atoms with van der Waals surface area (Å²) in [7, 11) is 0. The zero-order valence-corrected chi connectivity index (χ0v) is 9.54. The van der Waals surface area contributed by atoms with Crippen molar-refractivity contribution in [2.24, 2.45) is 0 Å². The third kappa shape index (κ3) is 1.93. The van der Waals surface area contributed by atoms with Crippen molar-refractivity contribution < 1.29 is 0 Å². The van der Waals surface area contributed by atoms with Crippen molar-refractivity contribution in [3.8, 4) is 0 Å². The predicted molar refractivity (Wildman–Crippen MR) is 67.7 cm³/mol. The number of halogens is 1. The summed E-state index contributed by atoms with van der Waals surface area (Å²) in [6.45, 7) is 3.04. The molecule has 2 aromatic carbocycles. The molecular weight excluding hydrogens is 206 g/mol. The molecule has 0 aliphatic heterocycles. The van der Waals surface area contributed by atoms with E-state index in [2.05, 4.69) is 54.3 Å². The highest BCUT2D eigenvalue weighted by Gasteiger charge is 2.05. The molecule has 0 aromatic heterocycles. The molecular formula is C13H14ClN. The van der Waals surface area contributed by atoms with Crippen LogP contribution in [0.3, 0.4) is 0 Å². The summed E-state index contributed by atoms with van der Waals surface area (Å²) < 4.78 is 0. The highest BCUT2D eigenvalue weighted by Crippen LogP contribution is 2.26. The molecule has 0 heterocycles. The molecule has 2 rings (SSSR count). The van der Waals surface area contributed by atoms with Gasteiger partial charge < -0.3 is 4.90 Å². The Morgan fingerprint density at radius 2 is 1.80 bits per heavy atom. The monoisotopic (exact) mass is 219 g/mol. The second-order valence-corrected chi connectivity index (χ2v) is 3.71. The van der Waals surface area contributed by atoms with Crippen LogP contribution in [0.25, 0.3) is 10.8 Å². The average molecular weight is 220 g/mol. The number of hydrogen-bond acceptors (Lipinski definition) is 1. The van der Waals surface area contributed by atoms with Crippen molar-refractivity contribution in [3.05, 3.63) is 42.5 Å². The lowest BCUT2D eigenvalue weighted by Gasteiger charge is -2.21. The molecule has 0 radical (unpaired) electrons. The quantitative estimate of drug-likeness (QED) is 0.560. The van der Waals surface area contributed by atoms with E-state index in [9.17, 15) is 0 Å². The number of nitrogens with zero attached hydrogens (tertiary/aromatic N) is 1. The van der Waals surface area contributed by atoms with Crippen LogP contribution in [0.15, 0.2) is 42.5 Å². The SMILES string of the molecule is CCN(CCl)c1cccc2ccccc12. The molecule has 0 saturated heterocycles. The van der Waals surface area contributed by atoms with Crippen molar-refractivity contribution in [2.45, 2.75) is 6.92 Å². The zero-order chi connectivity index (χ0) is 10.7. The molecule has 0 spiro atoms. The number of fused-ring (bicyclic) bond motifs is 1. The van der Waals surface area contributed by atoms with Gasteiger partial charge in [0.15, 0.2) is 0 Å². The fourth-order valence-corrected chi connectivity index (χ4v) is 2.10. The van der Waals surface area contributed by atoms with Crippen molar-refractivity contribution in [2.75, 3.05) is 17.4 Å². The van der Waals surface area contributed by atoms with Gasteiger partial charge in [-0.1, -0.05) is 36.4 Å². The molecule has 0 aliphatic rings. The predicted octanol–water partition coefficient (Wildman–Crippen LogP) is 3.86. The lowest BCUT2D eigenvalue weighted by Crippen LogP contribution is -2.20. The topological polar surface area (TPSA) is 3.24 Å². The minimum Gasteiger partial charge on any atom is -0.358 e. The first-order valence-corrected chi connectivity index (χ1v) is 5.69. The fraction of sp³-hybridized carbons (Fsp3) is 0.231. The van der Waals surface area contributed by atoms with Crippen LogP contribution >= 0.6 is 11.6 Å². The number of anilines is 1. The largest absolute Gasteiger partial charge is 0.358 e. The standard InChI is InChI=1S/C13H14ClN/c1-2-15(10-14)13-9-5-7-11-6-3-4-8-12(11)13/h3-9H,2,10H2,1H3. The van der Waals surface area contributed by atoms with Crippen LogP contribution in [-0.4, -0.2) is 12.5 Å². The molecule has 2 heteroatoms. The van der Waals surface area contributed by atoms with Crippen LogP contribution in [-0.2, 0) is 0 Å². The Labute approximate surface area is 95.3 Å². The van der Waals surface area contributed by atoms with E-state index in [-0.39, 0.29) is 0 Å². The highest BCUT2D eigenvalue weighted by atomic mass is 35.5. The minimum atomic E-state index is 0.532. The summed E-state index contributed by atoms with van der Waals surface area (Å²) in [6.07, 6.45) is 0. The third-order valence-electron chi connectivity index (χ3n) is 2.63. The summed E-state index contributed by atoms with van der Waals surface area (Å²) in [5.74, 6) is 0. The summed E-state index contributed by atoms with van der Waals surface area (Å²) in [5, 5.41) is 2.53. The zero-order valence-electron chi connectivity index (χ0n) is 8.78. The first-order valence-electron chi connectivity index (χ1n) is 5.15. The van der Waals surface area contributed by atoms with Gasteiger partial charge in [0.25, 0.3) is 0 Å². The van der Waals surface area contributed by atoms with E-state index in [4.69, 9.17) is 11.6 Å². The average Bonchev–Trinajstić information content (AvgIpc) is 2.31. The van der Waals surface area contributed by atoms with E-state index in [1.165, 1.54) is 16.5 Å². The lowest BCUT2D eigenvalue weighted by molar-refractivity contribution is 0.947. The van der Waals surface area contributed by atoms with E-state index >= 15 is 0 Å². The molecule has 1 nitrogen and oxygen atoms in total. The van der Waals surface area contributed by atoms with Gasteiger partial charge in [0.2, 0.25) is 0 Å². The van der Waals surface area contributed by atoms with Crippen molar-refractivity contribution in [1.29, 1.82) is 0 Å². The molecule has 0 N–H and O–H groups in total. The minimum absolute atomic E-state index is 0.532. The number of alkyl halides is 1. The summed E-state index contributed by atoms with van der Waals surface area (Å²) in [4.78, 5) is 2.16. The Kier molecular flexibility index (Phi) is 3.12. The molecule has 0 unspecified atom stereocenters. The van der Waals surface area contributed by atoms with Crippen LogP contribution in [0.1, 0.15) is 6.92 Å². The third-order valence-corrected chi connectivity index (χ3v) is 2.92. The van der Waals surface area contributed by atoms with Gasteiger partial charge in [-0.2, -0.15) is 0 Å². The molecule has 15 heavy (non-hydrogen) atoms. The molecule has 0 aliphatic carbocycles. The lowest BCUT2D eigenvalue weighted by atomic mass is 10.1. The smallest absolute Gasteiger partial charge is 0.0928 e. The van der Waals surface area contributed by atoms with Crippen LogP contribution in [0.5, 0.6) is 0 Å². The Morgan fingerprint density at radius 1 is 1.07 bits per heavy atom. The van der Waals surface area contributed by atoms with Crippen LogP contribution in [0.2, 0.25) is 0 Å². The maximum Gasteiger partial charge on any atom is 0.0928 e. The van der Waals surface area contributed by atoms with Gasteiger partial charge in [-0.05, 0) is 18.4 Å². The van der Waals surface area contributed by atoms with E-state index in [1.54, 1.807) is 0 Å². The fourth-order valence-electron chi connectivity index (χ4n) is 1.80. The Hall–Kier alpha value is -1.21. The maximum absolute atomic E-state index is 5.93. The van der Waals surface area contributed by atoms with Crippen LogP contribution < -0.4 is 4.90 Å². The molecule has 2 aromatic rings. The van der Waals surface area contributed by atoms with Crippen LogP contribution in [0.4, 0.5) is 5.69 Å². The first kappa shape index (κ1) is 10.3. The van der Waals surface area contributed by atoms with Gasteiger partial charge in [0.1, 0.15) is 0 Å². The summed E-state index contributed by atoms with van der Waals surface area (Å²) >= 11 is 5.93.